The summed E-state index contributed by atoms with van der Waals surface area (Å²) < 4.78 is 5.59. The number of rotatable bonds is 8. The smallest absolute Gasteiger partial charge is 0.411 e. The number of carbonyl (C=O) groups is 3. The van der Waals surface area contributed by atoms with Gasteiger partial charge in [0.1, 0.15) is 6.61 Å². The molecule has 34 heavy (non-hydrogen) atoms. The molecule has 0 atom stereocenters. The molecule has 2 amide bonds. The average molecular weight is 459 g/mol. The summed E-state index contributed by atoms with van der Waals surface area (Å²) in [6.07, 6.45) is -0.355. The van der Waals surface area contributed by atoms with Gasteiger partial charge in [-0.3, -0.25) is 14.9 Å². The van der Waals surface area contributed by atoms with Gasteiger partial charge in [0, 0.05) is 18.9 Å². The molecule has 0 aliphatic heterocycles. The average Bonchev–Trinajstić information content (AvgIpc) is 3.15. The second-order valence-electron chi connectivity index (χ2n) is 8.25. The largest absolute Gasteiger partial charge is 0.481 e. The molecule has 3 aromatic carbocycles. The van der Waals surface area contributed by atoms with Crippen LogP contribution in [0.25, 0.3) is 11.1 Å². The summed E-state index contributed by atoms with van der Waals surface area (Å²) in [5, 5.41) is 14.1. The molecule has 0 bridgehead atoms. The summed E-state index contributed by atoms with van der Waals surface area (Å²) in [5.74, 6) is -1.36. The molecule has 0 saturated carbocycles. The van der Waals surface area contributed by atoms with Gasteiger partial charge in [-0.1, -0.05) is 60.2 Å². The van der Waals surface area contributed by atoms with Gasteiger partial charge in [-0.2, -0.15) is 0 Å². The number of hydrogen-bond donors (Lipinski definition) is 3. The molecular formula is C27H26N2O5. The maximum Gasteiger partial charge on any atom is 0.411 e. The highest BCUT2D eigenvalue weighted by molar-refractivity contribution is 6.02. The normalized spacial score (nSPS) is 11.9. The van der Waals surface area contributed by atoms with Crippen LogP contribution in [-0.4, -0.2) is 36.2 Å². The van der Waals surface area contributed by atoms with Gasteiger partial charge in [0.25, 0.3) is 5.91 Å². The molecule has 0 unspecified atom stereocenters. The monoisotopic (exact) mass is 458 g/mol. The summed E-state index contributed by atoms with van der Waals surface area (Å²) in [6.45, 7) is 2.24. The van der Waals surface area contributed by atoms with Crippen molar-refractivity contribution in [3.8, 4) is 11.1 Å². The van der Waals surface area contributed by atoms with E-state index in [-0.39, 0.29) is 31.4 Å². The molecule has 0 aromatic heterocycles. The van der Waals surface area contributed by atoms with Gasteiger partial charge in [0.05, 0.1) is 11.3 Å². The zero-order valence-electron chi connectivity index (χ0n) is 18.8. The van der Waals surface area contributed by atoms with Crippen LogP contribution in [-0.2, 0) is 9.53 Å². The number of aryl methyl sites for hydroxylation is 1. The Labute approximate surface area is 197 Å². The molecule has 1 aliphatic carbocycles. The number of carboxylic acid groups (broad SMARTS) is 1. The lowest BCUT2D eigenvalue weighted by molar-refractivity contribution is -0.137. The van der Waals surface area contributed by atoms with E-state index in [1.807, 2.05) is 43.3 Å². The topological polar surface area (TPSA) is 105 Å². The van der Waals surface area contributed by atoms with Crippen LogP contribution in [0.15, 0.2) is 66.7 Å². The first-order valence-electron chi connectivity index (χ1n) is 11.2. The van der Waals surface area contributed by atoms with Gasteiger partial charge in [0.2, 0.25) is 0 Å². The van der Waals surface area contributed by atoms with Crippen LogP contribution in [0.4, 0.5) is 10.5 Å². The Balaban J connectivity index is 1.42. The minimum absolute atomic E-state index is 0.0288. The highest BCUT2D eigenvalue weighted by Gasteiger charge is 2.29. The number of anilines is 1. The Bertz CT molecular complexity index is 1190. The predicted molar refractivity (Wildman–Crippen MR) is 129 cm³/mol. The van der Waals surface area contributed by atoms with Crippen molar-refractivity contribution in [1.82, 2.24) is 5.32 Å². The molecule has 1 aliphatic rings. The molecule has 0 heterocycles. The molecule has 7 heteroatoms. The van der Waals surface area contributed by atoms with E-state index in [0.717, 1.165) is 27.8 Å². The zero-order chi connectivity index (χ0) is 24.1. The van der Waals surface area contributed by atoms with E-state index in [0.29, 0.717) is 17.7 Å². The first kappa shape index (κ1) is 23.0. The summed E-state index contributed by atoms with van der Waals surface area (Å²) in [6, 6.07) is 21.3. The number of ether oxygens (including phenoxy) is 1. The number of benzene rings is 3. The van der Waals surface area contributed by atoms with Crippen LogP contribution in [0.1, 0.15) is 45.8 Å². The van der Waals surface area contributed by atoms with Crippen LogP contribution < -0.4 is 10.6 Å². The first-order valence-corrected chi connectivity index (χ1v) is 11.2. The fourth-order valence-corrected chi connectivity index (χ4v) is 4.24. The van der Waals surface area contributed by atoms with Gasteiger partial charge < -0.3 is 15.2 Å². The number of carbonyl (C=O) groups excluding carboxylic acids is 2. The van der Waals surface area contributed by atoms with E-state index in [1.165, 1.54) is 0 Å². The lowest BCUT2D eigenvalue weighted by Gasteiger charge is -2.16. The van der Waals surface area contributed by atoms with Crippen molar-refractivity contribution in [3.05, 3.63) is 89.0 Å². The Morgan fingerprint density at radius 1 is 0.941 bits per heavy atom. The maximum atomic E-state index is 12.7. The van der Waals surface area contributed by atoms with E-state index in [9.17, 15) is 14.4 Å². The molecule has 0 radical (unpaired) electrons. The third-order valence-corrected chi connectivity index (χ3v) is 5.85. The molecule has 0 saturated heterocycles. The Kier molecular flexibility index (Phi) is 6.92. The minimum atomic E-state index is -0.914. The van der Waals surface area contributed by atoms with Crippen molar-refractivity contribution in [2.75, 3.05) is 18.5 Å². The van der Waals surface area contributed by atoms with Crippen LogP contribution in [0, 0.1) is 6.92 Å². The van der Waals surface area contributed by atoms with Crippen molar-refractivity contribution in [3.63, 3.8) is 0 Å². The van der Waals surface area contributed by atoms with Crippen molar-refractivity contribution >= 4 is 23.7 Å². The van der Waals surface area contributed by atoms with Crippen molar-refractivity contribution in [2.45, 2.75) is 25.7 Å². The molecule has 4 rings (SSSR count). The van der Waals surface area contributed by atoms with E-state index >= 15 is 0 Å². The number of hydrogen-bond acceptors (Lipinski definition) is 4. The van der Waals surface area contributed by atoms with E-state index in [4.69, 9.17) is 9.84 Å². The van der Waals surface area contributed by atoms with Crippen LogP contribution >= 0.6 is 0 Å². The van der Waals surface area contributed by atoms with Gasteiger partial charge >= 0.3 is 12.1 Å². The molecule has 3 aromatic rings. The van der Waals surface area contributed by atoms with Gasteiger partial charge in [-0.15, -0.1) is 0 Å². The number of nitrogens with one attached hydrogen (secondary N) is 2. The summed E-state index contributed by atoms with van der Waals surface area (Å²) >= 11 is 0. The molecule has 0 spiro atoms. The number of fused-ring (bicyclic) bond motifs is 3. The SMILES string of the molecule is Cc1ccc(NC(=O)OCC2c3ccccc3-c3ccccc32)c(C(=O)NCCCC(=O)O)c1. The minimum Gasteiger partial charge on any atom is -0.481 e. The van der Waals surface area contributed by atoms with E-state index in [1.54, 1.807) is 18.2 Å². The maximum absolute atomic E-state index is 12.7. The summed E-state index contributed by atoms with van der Waals surface area (Å²) in [7, 11) is 0. The Morgan fingerprint density at radius 3 is 2.24 bits per heavy atom. The summed E-state index contributed by atoms with van der Waals surface area (Å²) in [5.41, 5.74) is 6.01. The third-order valence-electron chi connectivity index (χ3n) is 5.85. The second-order valence-corrected chi connectivity index (χ2v) is 8.25. The molecule has 0 fully saturated rings. The molecular weight excluding hydrogens is 432 g/mol. The van der Waals surface area contributed by atoms with Gasteiger partial charge in [0.15, 0.2) is 0 Å². The van der Waals surface area contributed by atoms with Gasteiger partial charge in [-0.25, -0.2) is 4.79 Å². The quantitative estimate of drug-likeness (QED) is 0.414. The Hall–Kier alpha value is -4.13. The number of amides is 2. The standard InChI is InChI=1S/C27H26N2O5/c1-17-12-13-24(22(15-17)26(32)28-14-6-11-25(30)31)29-27(33)34-16-23-20-9-4-2-7-18(20)19-8-3-5-10-21(19)23/h2-5,7-10,12-13,15,23H,6,11,14,16H2,1H3,(H,28,32)(H,29,33)(H,30,31). The number of carboxylic acids is 1. The van der Waals surface area contributed by atoms with Crippen LogP contribution in [0.5, 0.6) is 0 Å². The first-order chi connectivity index (χ1) is 16.4. The zero-order valence-corrected chi connectivity index (χ0v) is 18.8. The summed E-state index contributed by atoms with van der Waals surface area (Å²) in [4.78, 5) is 35.9. The lowest BCUT2D eigenvalue weighted by Crippen LogP contribution is -2.27. The van der Waals surface area contributed by atoms with Gasteiger partial charge in [-0.05, 0) is 47.7 Å². The molecule has 7 nitrogen and oxygen atoms in total. The van der Waals surface area contributed by atoms with Crippen molar-refractivity contribution in [1.29, 1.82) is 0 Å². The predicted octanol–water partition coefficient (Wildman–Crippen LogP) is 4.95. The third kappa shape index (κ3) is 5.09. The number of aliphatic carboxylic acids is 1. The lowest BCUT2D eigenvalue weighted by atomic mass is 9.98. The van der Waals surface area contributed by atoms with E-state index < -0.39 is 12.1 Å². The highest BCUT2D eigenvalue weighted by atomic mass is 16.5. The van der Waals surface area contributed by atoms with Crippen LogP contribution in [0.3, 0.4) is 0 Å². The van der Waals surface area contributed by atoms with E-state index in [2.05, 4.69) is 22.8 Å². The fourth-order valence-electron chi connectivity index (χ4n) is 4.24. The second kappa shape index (κ2) is 10.2. The van der Waals surface area contributed by atoms with Crippen LogP contribution in [0.2, 0.25) is 0 Å². The highest BCUT2D eigenvalue weighted by Crippen LogP contribution is 2.44. The molecule has 3 N–H and O–H groups in total. The fraction of sp³-hybridized carbons (Fsp3) is 0.222. The molecule has 174 valence electrons. The van der Waals surface area contributed by atoms with Crippen molar-refractivity contribution < 1.29 is 24.2 Å². The Morgan fingerprint density at radius 2 is 1.59 bits per heavy atom. The van der Waals surface area contributed by atoms with Crippen molar-refractivity contribution in [2.24, 2.45) is 0 Å².